The van der Waals surface area contributed by atoms with Crippen molar-refractivity contribution in [3.63, 3.8) is 0 Å². The minimum Gasteiger partial charge on any atom is -0.380 e. The Kier molecular flexibility index (Phi) is 5.08. The maximum Gasteiger partial charge on any atom is 0.274 e. The molecule has 0 saturated heterocycles. The number of nitrogens with one attached hydrogen (secondary N) is 1. The van der Waals surface area contributed by atoms with Gasteiger partial charge in [-0.2, -0.15) is 0 Å². The third kappa shape index (κ3) is 3.87. The van der Waals surface area contributed by atoms with Gasteiger partial charge in [-0.15, -0.1) is 0 Å². The lowest BCUT2D eigenvalue weighted by molar-refractivity contribution is -0.385. The molecule has 110 valence electrons. The van der Waals surface area contributed by atoms with Gasteiger partial charge in [-0.05, 0) is 52.7 Å². The maximum absolute atomic E-state index is 11.0. The van der Waals surface area contributed by atoms with Crippen LogP contribution in [0.2, 0.25) is 10.0 Å². The molecule has 2 aromatic rings. The van der Waals surface area contributed by atoms with E-state index in [-0.39, 0.29) is 12.2 Å². The molecule has 0 bridgehead atoms. The summed E-state index contributed by atoms with van der Waals surface area (Å²) in [6.45, 7) is 2.17. The Labute approximate surface area is 140 Å². The van der Waals surface area contributed by atoms with Crippen LogP contribution in [0.1, 0.15) is 11.1 Å². The molecule has 0 heterocycles. The Morgan fingerprint density at radius 3 is 2.67 bits per heavy atom. The molecule has 0 aliphatic rings. The van der Waals surface area contributed by atoms with Gasteiger partial charge in [-0.1, -0.05) is 23.2 Å². The van der Waals surface area contributed by atoms with Gasteiger partial charge in [0.05, 0.1) is 16.2 Å². The van der Waals surface area contributed by atoms with Gasteiger partial charge in [0, 0.05) is 27.1 Å². The van der Waals surface area contributed by atoms with Crippen molar-refractivity contribution in [3.05, 3.63) is 66.1 Å². The highest BCUT2D eigenvalue weighted by Crippen LogP contribution is 2.30. The van der Waals surface area contributed by atoms with E-state index in [0.717, 1.165) is 15.7 Å². The fourth-order valence-corrected chi connectivity index (χ4v) is 2.80. The van der Waals surface area contributed by atoms with Crippen LogP contribution in [0, 0.1) is 17.0 Å². The van der Waals surface area contributed by atoms with Gasteiger partial charge in [-0.3, -0.25) is 10.1 Å². The van der Waals surface area contributed by atoms with E-state index in [1.54, 1.807) is 12.1 Å². The van der Waals surface area contributed by atoms with E-state index < -0.39 is 4.92 Å². The molecule has 0 spiro atoms. The van der Waals surface area contributed by atoms with Gasteiger partial charge in [0.25, 0.3) is 5.69 Å². The van der Waals surface area contributed by atoms with Crippen molar-refractivity contribution in [2.24, 2.45) is 0 Å². The van der Waals surface area contributed by atoms with E-state index in [0.29, 0.717) is 15.6 Å². The van der Waals surface area contributed by atoms with Crippen LogP contribution in [0.4, 0.5) is 11.4 Å². The first kappa shape index (κ1) is 16.1. The third-order valence-electron chi connectivity index (χ3n) is 2.96. The van der Waals surface area contributed by atoms with E-state index >= 15 is 0 Å². The van der Waals surface area contributed by atoms with Crippen molar-refractivity contribution in [2.45, 2.75) is 13.5 Å². The van der Waals surface area contributed by atoms with Crippen molar-refractivity contribution in [2.75, 3.05) is 5.32 Å². The van der Waals surface area contributed by atoms with Crippen molar-refractivity contribution in [1.29, 1.82) is 0 Å². The summed E-state index contributed by atoms with van der Waals surface area (Å²) < 4.78 is 0.842. The number of anilines is 1. The van der Waals surface area contributed by atoms with Crippen LogP contribution in [0.3, 0.4) is 0 Å². The van der Waals surface area contributed by atoms with Crippen LogP contribution in [0.25, 0.3) is 0 Å². The number of halogens is 3. The largest absolute Gasteiger partial charge is 0.380 e. The lowest BCUT2D eigenvalue weighted by Gasteiger charge is -2.11. The minimum atomic E-state index is -0.426. The highest BCUT2D eigenvalue weighted by atomic mass is 79.9. The standard InChI is InChI=1S/C14H11BrCl2N2O2/c1-8-4-11(15)13(6-12(8)17)18-7-9-5-10(16)2-3-14(9)19(20)21/h2-6,18H,7H2,1H3. The fraction of sp³-hybridized carbons (Fsp3) is 0.143. The van der Waals surface area contributed by atoms with E-state index in [1.165, 1.54) is 12.1 Å². The summed E-state index contributed by atoms with van der Waals surface area (Å²) in [5, 5.41) is 15.2. The summed E-state index contributed by atoms with van der Waals surface area (Å²) in [6.07, 6.45) is 0. The summed E-state index contributed by atoms with van der Waals surface area (Å²) in [5.41, 5.74) is 2.25. The smallest absolute Gasteiger partial charge is 0.274 e. The minimum absolute atomic E-state index is 0.0289. The van der Waals surface area contributed by atoms with Crippen LogP contribution in [0.15, 0.2) is 34.8 Å². The zero-order chi connectivity index (χ0) is 15.6. The Hall–Kier alpha value is -1.30. The molecule has 0 aromatic heterocycles. The summed E-state index contributed by atoms with van der Waals surface area (Å²) in [4.78, 5) is 10.6. The molecule has 0 atom stereocenters. The number of nitrogens with zero attached hydrogens (tertiary/aromatic N) is 1. The van der Waals surface area contributed by atoms with Crippen LogP contribution in [-0.2, 0) is 6.54 Å². The van der Waals surface area contributed by atoms with E-state index in [1.807, 2.05) is 13.0 Å². The average molecular weight is 390 g/mol. The Balaban J connectivity index is 2.26. The van der Waals surface area contributed by atoms with E-state index in [9.17, 15) is 10.1 Å². The Morgan fingerprint density at radius 2 is 2.00 bits per heavy atom. The monoisotopic (exact) mass is 388 g/mol. The molecule has 0 aliphatic carbocycles. The quantitative estimate of drug-likeness (QED) is 0.548. The van der Waals surface area contributed by atoms with Crippen molar-refractivity contribution >= 4 is 50.5 Å². The molecule has 4 nitrogen and oxygen atoms in total. The first-order chi connectivity index (χ1) is 9.88. The van der Waals surface area contributed by atoms with Gasteiger partial charge in [-0.25, -0.2) is 0 Å². The molecular formula is C14H11BrCl2N2O2. The summed E-state index contributed by atoms with van der Waals surface area (Å²) in [7, 11) is 0. The fourth-order valence-electron chi connectivity index (χ4n) is 1.85. The maximum atomic E-state index is 11.0. The molecule has 21 heavy (non-hydrogen) atoms. The van der Waals surface area contributed by atoms with Crippen LogP contribution in [0.5, 0.6) is 0 Å². The molecule has 0 fully saturated rings. The van der Waals surface area contributed by atoms with Crippen molar-refractivity contribution < 1.29 is 4.92 Å². The number of nitro benzene ring substituents is 1. The lowest BCUT2D eigenvalue weighted by Crippen LogP contribution is -2.04. The molecule has 7 heteroatoms. The second kappa shape index (κ2) is 6.64. The van der Waals surface area contributed by atoms with Gasteiger partial charge in [0.15, 0.2) is 0 Å². The van der Waals surface area contributed by atoms with E-state index in [4.69, 9.17) is 23.2 Å². The molecule has 2 aromatic carbocycles. The molecule has 0 unspecified atom stereocenters. The summed E-state index contributed by atoms with van der Waals surface area (Å²) in [6, 6.07) is 8.14. The molecule has 2 rings (SSSR count). The SMILES string of the molecule is Cc1cc(Br)c(NCc2cc(Cl)ccc2[N+](=O)[O-])cc1Cl. The van der Waals surface area contributed by atoms with Crippen LogP contribution in [-0.4, -0.2) is 4.92 Å². The topological polar surface area (TPSA) is 55.2 Å². The van der Waals surface area contributed by atoms with Crippen LogP contribution >= 0.6 is 39.1 Å². The normalized spacial score (nSPS) is 10.5. The first-order valence-electron chi connectivity index (χ1n) is 6.01. The number of rotatable bonds is 4. The number of nitro groups is 1. The molecule has 0 saturated carbocycles. The third-order valence-corrected chi connectivity index (χ3v) is 4.25. The van der Waals surface area contributed by atoms with E-state index in [2.05, 4.69) is 21.2 Å². The van der Waals surface area contributed by atoms with Crippen molar-refractivity contribution in [1.82, 2.24) is 0 Å². The highest BCUT2D eigenvalue weighted by molar-refractivity contribution is 9.10. The first-order valence-corrected chi connectivity index (χ1v) is 7.55. The summed E-state index contributed by atoms with van der Waals surface area (Å²) >= 11 is 15.4. The Morgan fingerprint density at radius 1 is 1.29 bits per heavy atom. The molecule has 0 radical (unpaired) electrons. The highest BCUT2D eigenvalue weighted by Gasteiger charge is 2.14. The lowest BCUT2D eigenvalue weighted by atomic mass is 10.1. The van der Waals surface area contributed by atoms with Gasteiger partial charge in [0.2, 0.25) is 0 Å². The summed E-state index contributed by atoms with van der Waals surface area (Å²) in [5.74, 6) is 0. The Bertz CT molecular complexity index is 708. The number of benzene rings is 2. The average Bonchev–Trinajstić information content (AvgIpc) is 2.41. The number of aryl methyl sites for hydroxylation is 1. The second-order valence-corrected chi connectivity index (χ2v) is 6.16. The second-order valence-electron chi connectivity index (χ2n) is 4.46. The molecule has 0 amide bonds. The zero-order valence-corrected chi connectivity index (χ0v) is 14.1. The zero-order valence-electron chi connectivity index (χ0n) is 11.0. The number of hydrogen-bond acceptors (Lipinski definition) is 3. The predicted molar refractivity (Wildman–Crippen MR) is 89.3 cm³/mol. The molecular weight excluding hydrogens is 379 g/mol. The van der Waals surface area contributed by atoms with Crippen molar-refractivity contribution in [3.8, 4) is 0 Å². The molecule has 0 aliphatic heterocycles. The predicted octanol–water partition coefficient (Wildman–Crippen LogP) is 5.58. The van der Waals surface area contributed by atoms with Gasteiger partial charge < -0.3 is 5.32 Å². The molecule has 1 N–H and O–H groups in total. The van der Waals surface area contributed by atoms with Gasteiger partial charge >= 0.3 is 0 Å². The number of hydrogen-bond donors (Lipinski definition) is 1. The van der Waals surface area contributed by atoms with Crippen LogP contribution < -0.4 is 5.32 Å². The van der Waals surface area contributed by atoms with Gasteiger partial charge in [0.1, 0.15) is 0 Å².